The minimum atomic E-state index is -0.0395. The third-order valence-electron chi connectivity index (χ3n) is 1.40. The van der Waals surface area contributed by atoms with E-state index in [4.69, 9.17) is 4.52 Å². The average molecular weight is 182 g/mol. The van der Waals surface area contributed by atoms with Gasteiger partial charge in [-0.3, -0.25) is 0 Å². The van der Waals surface area contributed by atoms with E-state index >= 15 is 0 Å². The number of rotatable bonds is 1. The highest BCUT2D eigenvalue weighted by Crippen LogP contribution is 2.25. The van der Waals surface area contributed by atoms with E-state index in [0.717, 1.165) is 5.76 Å². The van der Waals surface area contributed by atoms with E-state index in [2.05, 4.69) is 27.5 Å². The van der Waals surface area contributed by atoms with Crippen LogP contribution in [-0.4, -0.2) is 10.3 Å². The van der Waals surface area contributed by atoms with Crippen molar-refractivity contribution in [3.05, 3.63) is 11.8 Å². The van der Waals surface area contributed by atoms with Crippen LogP contribution < -0.4 is 0 Å². The van der Waals surface area contributed by atoms with Crippen LogP contribution in [0.15, 0.2) is 15.6 Å². The topological polar surface area (TPSA) is 38.4 Å². The Hall–Kier alpha value is -0.990. The molecule has 12 heavy (non-hydrogen) atoms. The summed E-state index contributed by atoms with van der Waals surface area (Å²) in [5, 5.41) is 5.94. The lowest BCUT2D eigenvalue weighted by Crippen LogP contribution is -2.08. The van der Waals surface area contributed by atoms with Crippen molar-refractivity contribution in [3.8, 4) is 0 Å². The summed E-state index contributed by atoms with van der Waals surface area (Å²) in [6, 6.07) is 1.76. The first-order valence-corrected chi connectivity index (χ1v) is 4.00. The molecule has 0 aromatic carbocycles. The van der Waals surface area contributed by atoms with Gasteiger partial charge in [0.05, 0.1) is 5.16 Å². The van der Waals surface area contributed by atoms with Crippen LogP contribution in [0.5, 0.6) is 0 Å². The van der Waals surface area contributed by atoms with Crippen molar-refractivity contribution in [1.29, 1.82) is 0 Å². The molecule has 0 aliphatic rings. The van der Waals surface area contributed by atoms with E-state index in [1.54, 1.807) is 6.07 Å². The van der Waals surface area contributed by atoms with Gasteiger partial charge in [-0.25, -0.2) is 0 Å². The molecule has 0 fully saturated rings. The second kappa shape index (κ2) is 3.17. The van der Waals surface area contributed by atoms with Crippen molar-refractivity contribution in [2.24, 2.45) is 4.99 Å². The zero-order valence-electron chi connectivity index (χ0n) is 7.29. The number of thiocarbonyl (C=S) groups is 1. The maximum Gasteiger partial charge on any atom is 0.205 e. The molecule has 4 heteroatoms. The highest BCUT2D eigenvalue weighted by molar-refractivity contribution is 7.78. The fourth-order valence-electron chi connectivity index (χ4n) is 0.719. The fraction of sp³-hybridized carbons (Fsp3) is 0.500. The minimum absolute atomic E-state index is 0.0395. The third kappa shape index (κ3) is 2.00. The third-order valence-corrected chi connectivity index (χ3v) is 1.49. The zero-order valence-corrected chi connectivity index (χ0v) is 8.10. The van der Waals surface area contributed by atoms with E-state index in [9.17, 15) is 0 Å². The minimum Gasteiger partial charge on any atom is -0.359 e. The predicted molar refractivity (Wildman–Crippen MR) is 49.9 cm³/mol. The summed E-state index contributed by atoms with van der Waals surface area (Å²) in [7, 11) is 0. The first-order valence-electron chi connectivity index (χ1n) is 3.59. The second-order valence-corrected chi connectivity index (χ2v) is 3.69. The fourth-order valence-corrected chi connectivity index (χ4v) is 0.812. The van der Waals surface area contributed by atoms with Crippen LogP contribution in [-0.2, 0) is 5.41 Å². The smallest absolute Gasteiger partial charge is 0.205 e. The molecule has 1 aromatic heterocycles. The lowest BCUT2D eigenvalue weighted by Gasteiger charge is -2.11. The average Bonchev–Trinajstić information content (AvgIpc) is 2.35. The maximum atomic E-state index is 5.05. The highest BCUT2D eigenvalue weighted by atomic mass is 32.1. The number of hydrogen-bond acceptors (Lipinski definition) is 4. The molecule has 1 rings (SSSR count). The summed E-state index contributed by atoms with van der Waals surface area (Å²) < 4.78 is 5.05. The molecule has 0 bridgehead atoms. The zero-order chi connectivity index (χ0) is 9.19. The lowest BCUT2D eigenvalue weighted by molar-refractivity contribution is 0.330. The molecule has 0 N–H and O–H groups in total. The summed E-state index contributed by atoms with van der Waals surface area (Å²) >= 11 is 4.44. The molecule has 0 radical (unpaired) electrons. The van der Waals surface area contributed by atoms with Crippen LogP contribution in [0.1, 0.15) is 26.5 Å². The molecule has 0 saturated carbocycles. The van der Waals surface area contributed by atoms with Gasteiger partial charge in [0.25, 0.3) is 0 Å². The standard InChI is InChI=1S/C8H10N2OS/c1-8(2,3)6-4-7(9-5-12)10-11-6/h4H,1-3H3. The van der Waals surface area contributed by atoms with E-state index in [1.165, 1.54) is 0 Å². The van der Waals surface area contributed by atoms with Crippen LogP contribution in [0.25, 0.3) is 0 Å². The Morgan fingerprint density at radius 1 is 1.58 bits per heavy atom. The Kier molecular flexibility index (Phi) is 2.40. The van der Waals surface area contributed by atoms with Crippen molar-refractivity contribution < 1.29 is 4.52 Å². The van der Waals surface area contributed by atoms with Gasteiger partial charge >= 0.3 is 0 Å². The lowest BCUT2D eigenvalue weighted by atomic mass is 9.93. The Labute approximate surface area is 76.5 Å². The van der Waals surface area contributed by atoms with E-state index < -0.39 is 0 Å². The maximum absolute atomic E-state index is 5.05. The Balaban J connectivity index is 2.99. The number of aliphatic imine (C=N–C) groups is 1. The van der Waals surface area contributed by atoms with Crippen molar-refractivity contribution >= 4 is 23.2 Å². The predicted octanol–water partition coefficient (Wildman–Crippen LogP) is 2.71. The Morgan fingerprint density at radius 2 is 2.25 bits per heavy atom. The summed E-state index contributed by atoms with van der Waals surface area (Å²) in [5.41, 5.74) is -0.0395. The van der Waals surface area contributed by atoms with Crippen molar-refractivity contribution in [1.82, 2.24) is 5.16 Å². The summed E-state index contributed by atoms with van der Waals surface area (Å²) in [5.74, 6) is 1.28. The van der Waals surface area contributed by atoms with Gasteiger partial charge in [-0.05, 0) is 12.2 Å². The van der Waals surface area contributed by atoms with Crippen molar-refractivity contribution in [3.63, 3.8) is 0 Å². The highest BCUT2D eigenvalue weighted by Gasteiger charge is 2.19. The van der Waals surface area contributed by atoms with Crippen molar-refractivity contribution in [2.75, 3.05) is 0 Å². The monoisotopic (exact) mass is 182 g/mol. The molecule has 0 amide bonds. The molecule has 1 aromatic rings. The second-order valence-electron chi connectivity index (χ2n) is 3.50. The molecule has 0 aliphatic carbocycles. The Morgan fingerprint density at radius 3 is 2.67 bits per heavy atom. The van der Waals surface area contributed by atoms with E-state index in [0.29, 0.717) is 5.82 Å². The molecular formula is C8H10N2OS. The molecule has 64 valence electrons. The van der Waals surface area contributed by atoms with Gasteiger partial charge in [0, 0.05) is 11.5 Å². The van der Waals surface area contributed by atoms with Gasteiger partial charge in [0.2, 0.25) is 5.82 Å². The van der Waals surface area contributed by atoms with Crippen LogP contribution in [0.2, 0.25) is 0 Å². The largest absolute Gasteiger partial charge is 0.359 e. The molecule has 1 heterocycles. The van der Waals surface area contributed by atoms with Gasteiger partial charge in [-0.1, -0.05) is 25.9 Å². The summed E-state index contributed by atoms with van der Waals surface area (Å²) in [4.78, 5) is 3.70. The first kappa shape index (κ1) is 9.10. The van der Waals surface area contributed by atoms with Gasteiger partial charge in [0.15, 0.2) is 0 Å². The number of hydrogen-bond donors (Lipinski definition) is 0. The van der Waals surface area contributed by atoms with Crippen LogP contribution in [0, 0.1) is 0 Å². The number of aromatic nitrogens is 1. The molecular weight excluding hydrogens is 172 g/mol. The molecule has 0 unspecified atom stereocenters. The van der Waals surface area contributed by atoms with Crippen molar-refractivity contribution in [2.45, 2.75) is 26.2 Å². The van der Waals surface area contributed by atoms with E-state index in [-0.39, 0.29) is 5.41 Å². The van der Waals surface area contributed by atoms with Gasteiger partial charge in [-0.15, -0.1) is 0 Å². The van der Waals surface area contributed by atoms with Crippen LogP contribution >= 0.6 is 12.2 Å². The molecule has 0 saturated heterocycles. The SMILES string of the molecule is CC(C)(C)c1cc(N=C=S)no1. The molecule has 0 aliphatic heterocycles. The van der Waals surface area contributed by atoms with Gasteiger partial charge in [-0.2, -0.15) is 4.99 Å². The molecule has 0 atom stereocenters. The quantitative estimate of drug-likeness (QED) is 0.495. The summed E-state index contributed by atoms with van der Waals surface area (Å²) in [6.45, 7) is 6.12. The number of isothiocyanates is 1. The summed E-state index contributed by atoms with van der Waals surface area (Å²) in [6.07, 6.45) is 0. The van der Waals surface area contributed by atoms with E-state index in [1.807, 2.05) is 20.8 Å². The van der Waals surface area contributed by atoms with Gasteiger partial charge < -0.3 is 4.52 Å². The number of nitrogens with zero attached hydrogens (tertiary/aromatic N) is 2. The Bertz CT molecular complexity index is 318. The van der Waals surface area contributed by atoms with Gasteiger partial charge in [0.1, 0.15) is 5.76 Å². The molecule has 0 spiro atoms. The van der Waals surface area contributed by atoms with Crippen LogP contribution in [0.4, 0.5) is 5.82 Å². The molecule has 3 nitrogen and oxygen atoms in total. The van der Waals surface area contributed by atoms with Crippen LogP contribution in [0.3, 0.4) is 0 Å². The first-order chi connectivity index (χ1) is 5.54. The normalized spacial score (nSPS) is 10.9.